The van der Waals surface area contributed by atoms with Gasteiger partial charge in [0.25, 0.3) is 0 Å². The first-order valence-electron chi connectivity index (χ1n) is 10.6. The standard InChI is InChI=1S/C25H22N4O3/c1-2-32-24(31)21-22(19-13-8-9-15-26-19)29-20-14-7-6-12-18(20)27-25(29)28(23(21)30)16-17-10-4-3-5-11-17/h3-15,21-22H,2,16H2,1H3/t21-,22-/m0/s1. The largest absolute Gasteiger partial charge is 0.465 e. The fraction of sp³-hybridized carbons (Fsp3) is 0.200. The SMILES string of the molecule is CCOC(=O)[C@@H]1C(=O)N(Cc2ccccc2)c2nc3ccccc3n2[C@H]1c1ccccn1. The summed E-state index contributed by atoms with van der Waals surface area (Å²) in [5, 5.41) is 0. The number of nitrogens with zero attached hydrogens (tertiary/aromatic N) is 4. The van der Waals surface area contributed by atoms with Crippen LogP contribution in [0.3, 0.4) is 0 Å². The van der Waals surface area contributed by atoms with Crippen LogP contribution >= 0.6 is 0 Å². The number of esters is 1. The van der Waals surface area contributed by atoms with Gasteiger partial charge in [0.05, 0.1) is 29.9 Å². The van der Waals surface area contributed by atoms with E-state index in [-0.39, 0.29) is 12.5 Å². The van der Waals surface area contributed by atoms with Crippen molar-refractivity contribution < 1.29 is 14.3 Å². The van der Waals surface area contributed by atoms with Gasteiger partial charge in [0.15, 0.2) is 5.92 Å². The van der Waals surface area contributed by atoms with Gasteiger partial charge in [0.1, 0.15) is 6.04 Å². The van der Waals surface area contributed by atoms with Crippen molar-refractivity contribution in [2.75, 3.05) is 11.5 Å². The van der Waals surface area contributed by atoms with Crippen molar-refractivity contribution >= 4 is 28.9 Å². The van der Waals surface area contributed by atoms with E-state index in [1.54, 1.807) is 18.0 Å². The van der Waals surface area contributed by atoms with Gasteiger partial charge >= 0.3 is 5.97 Å². The molecule has 0 unspecified atom stereocenters. The van der Waals surface area contributed by atoms with Gasteiger partial charge in [0.2, 0.25) is 11.9 Å². The number of carbonyl (C=O) groups excluding carboxylic acids is 2. The predicted molar refractivity (Wildman–Crippen MR) is 120 cm³/mol. The molecule has 0 saturated carbocycles. The van der Waals surface area contributed by atoms with Crippen LogP contribution in [0.2, 0.25) is 0 Å². The van der Waals surface area contributed by atoms with E-state index in [1.165, 1.54) is 0 Å². The Morgan fingerprint density at radius 2 is 1.75 bits per heavy atom. The Bertz CT molecular complexity index is 1270. The Hall–Kier alpha value is -4.00. The monoisotopic (exact) mass is 426 g/mol. The molecule has 2 aromatic carbocycles. The molecule has 1 aliphatic rings. The molecule has 1 aliphatic heterocycles. The fourth-order valence-electron chi connectivity index (χ4n) is 4.28. The van der Waals surface area contributed by atoms with E-state index in [4.69, 9.17) is 9.72 Å². The number of carbonyl (C=O) groups is 2. The molecule has 160 valence electrons. The van der Waals surface area contributed by atoms with Gasteiger partial charge in [-0.05, 0) is 36.8 Å². The number of anilines is 1. The third-order valence-corrected chi connectivity index (χ3v) is 5.66. The highest BCUT2D eigenvalue weighted by atomic mass is 16.5. The van der Waals surface area contributed by atoms with Gasteiger partial charge in [-0.25, -0.2) is 4.98 Å². The molecule has 7 nitrogen and oxygen atoms in total. The summed E-state index contributed by atoms with van der Waals surface area (Å²) in [4.78, 5) is 37.8. The zero-order valence-corrected chi connectivity index (χ0v) is 17.6. The van der Waals surface area contributed by atoms with Crippen molar-refractivity contribution in [1.82, 2.24) is 14.5 Å². The molecule has 2 aromatic heterocycles. The number of hydrogen-bond acceptors (Lipinski definition) is 5. The van der Waals surface area contributed by atoms with Crippen LogP contribution < -0.4 is 4.90 Å². The topological polar surface area (TPSA) is 77.3 Å². The zero-order valence-electron chi connectivity index (χ0n) is 17.6. The Morgan fingerprint density at radius 1 is 1.00 bits per heavy atom. The van der Waals surface area contributed by atoms with E-state index < -0.39 is 17.9 Å². The molecular weight excluding hydrogens is 404 g/mol. The van der Waals surface area contributed by atoms with Crippen LogP contribution in [-0.4, -0.2) is 33.0 Å². The van der Waals surface area contributed by atoms with Gasteiger partial charge in [-0.1, -0.05) is 48.5 Å². The molecule has 0 radical (unpaired) electrons. The average Bonchev–Trinajstić information content (AvgIpc) is 3.21. The number of para-hydroxylation sites is 2. The Morgan fingerprint density at radius 3 is 2.50 bits per heavy atom. The number of ether oxygens (including phenoxy) is 1. The van der Waals surface area contributed by atoms with Crippen molar-refractivity contribution in [1.29, 1.82) is 0 Å². The third-order valence-electron chi connectivity index (χ3n) is 5.66. The van der Waals surface area contributed by atoms with Crippen molar-refractivity contribution in [2.45, 2.75) is 19.5 Å². The van der Waals surface area contributed by atoms with Crippen LogP contribution in [0.4, 0.5) is 5.95 Å². The highest BCUT2D eigenvalue weighted by Gasteiger charge is 2.48. The summed E-state index contributed by atoms with van der Waals surface area (Å²) in [6, 6.07) is 22.2. The Kier molecular flexibility index (Phi) is 5.15. The molecule has 0 bridgehead atoms. The minimum absolute atomic E-state index is 0.188. The lowest BCUT2D eigenvalue weighted by Crippen LogP contribution is -2.50. The lowest BCUT2D eigenvalue weighted by atomic mass is 9.92. The summed E-state index contributed by atoms with van der Waals surface area (Å²) in [6.45, 7) is 2.22. The second-order valence-electron chi connectivity index (χ2n) is 7.61. The maximum atomic E-state index is 13.8. The first-order valence-corrected chi connectivity index (χ1v) is 10.6. The Balaban J connectivity index is 1.75. The molecule has 0 aliphatic carbocycles. The van der Waals surface area contributed by atoms with E-state index in [0.29, 0.717) is 18.2 Å². The van der Waals surface area contributed by atoms with Crippen LogP contribution in [0.1, 0.15) is 24.2 Å². The normalized spacial score (nSPS) is 17.9. The molecule has 1 amide bonds. The number of aromatic nitrogens is 3. The van der Waals surface area contributed by atoms with Crippen LogP contribution in [0.15, 0.2) is 79.0 Å². The van der Waals surface area contributed by atoms with Crippen molar-refractivity contribution in [3.05, 3.63) is 90.3 Å². The molecule has 2 atom stereocenters. The molecule has 32 heavy (non-hydrogen) atoms. The fourth-order valence-corrected chi connectivity index (χ4v) is 4.28. The maximum absolute atomic E-state index is 13.8. The first-order chi connectivity index (χ1) is 15.7. The summed E-state index contributed by atoms with van der Waals surface area (Å²) in [6.07, 6.45) is 1.66. The Labute approximate surface area is 185 Å². The van der Waals surface area contributed by atoms with Gasteiger partial charge in [-0.3, -0.25) is 24.0 Å². The number of fused-ring (bicyclic) bond motifs is 3. The van der Waals surface area contributed by atoms with Crippen LogP contribution in [0, 0.1) is 5.92 Å². The summed E-state index contributed by atoms with van der Waals surface area (Å²) in [5.41, 5.74) is 3.14. The number of imidazole rings is 1. The highest BCUT2D eigenvalue weighted by Crippen LogP contribution is 2.41. The molecule has 3 heterocycles. The van der Waals surface area contributed by atoms with Gasteiger partial charge in [0, 0.05) is 6.20 Å². The molecule has 4 aromatic rings. The molecule has 0 N–H and O–H groups in total. The number of benzene rings is 2. The number of hydrogen-bond donors (Lipinski definition) is 0. The quantitative estimate of drug-likeness (QED) is 0.359. The lowest BCUT2D eigenvalue weighted by molar-refractivity contribution is -0.153. The number of rotatable bonds is 5. The second-order valence-corrected chi connectivity index (χ2v) is 7.61. The average molecular weight is 426 g/mol. The lowest BCUT2D eigenvalue weighted by Gasteiger charge is -2.37. The zero-order chi connectivity index (χ0) is 22.1. The molecule has 0 saturated heterocycles. The van der Waals surface area contributed by atoms with Gasteiger partial charge in [-0.15, -0.1) is 0 Å². The van der Waals surface area contributed by atoms with E-state index in [0.717, 1.165) is 16.6 Å². The van der Waals surface area contributed by atoms with E-state index in [2.05, 4.69) is 4.98 Å². The van der Waals surface area contributed by atoms with E-state index in [1.807, 2.05) is 77.4 Å². The second kappa shape index (κ2) is 8.26. The summed E-state index contributed by atoms with van der Waals surface area (Å²) >= 11 is 0. The van der Waals surface area contributed by atoms with Gasteiger partial charge < -0.3 is 4.74 Å². The minimum Gasteiger partial charge on any atom is -0.465 e. The molecule has 7 heteroatoms. The molecule has 0 spiro atoms. The van der Waals surface area contributed by atoms with Gasteiger partial charge in [-0.2, -0.15) is 0 Å². The smallest absolute Gasteiger partial charge is 0.321 e. The summed E-state index contributed by atoms with van der Waals surface area (Å²) in [5.74, 6) is -1.48. The number of pyridine rings is 1. The maximum Gasteiger partial charge on any atom is 0.321 e. The molecule has 0 fully saturated rings. The molecule has 5 rings (SSSR count). The van der Waals surface area contributed by atoms with Crippen molar-refractivity contribution in [2.24, 2.45) is 5.92 Å². The first kappa shape index (κ1) is 19.9. The minimum atomic E-state index is -1.07. The predicted octanol–water partition coefficient (Wildman–Crippen LogP) is 3.75. The summed E-state index contributed by atoms with van der Waals surface area (Å²) < 4.78 is 7.31. The van der Waals surface area contributed by atoms with E-state index >= 15 is 0 Å². The van der Waals surface area contributed by atoms with Crippen molar-refractivity contribution in [3.63, 3.8) is 0 Å². The van der Waals surface area contributed by atoms with E-state index in [9.17, 15) is 9.59 Å². The highest BCUT2D eigenvalue weighted by molar-refractivity contribution is 6.08. The summed E-state index contributed by atoms with van der Waals surface area (Å²) in [7, 11) is 0. The number of amides is 1. The van der Waals surface area contributed by atoms with Crippen LogP contribution in [0.5, 0.6) is 0 Å². The van der Waals surface area contributed by atoms with Crippen LogP contribution in [-0.2, 0) is 20.9 Å². The molecular formula is C25H22N4O3. The third kappa shape index (κ3) is 3.32. The van der Waals surface area contributed by atoms with Crippen molar-refractivity contribution in [3.8, 4) is 0 Å². The van der Waals surface area contributed by atoms with Crippen LogP contribution in [0.25, 0.3) is 11.0 Å².